The van der Waals surface area contributed by atoms with Gasteiger partial charge in [-0.05, 0) is 18.1 Å². The average Bonchev–Trinajstić information content (AvgIpc) is 2.86. The highest BCUT2D eigenvalue weighted by Gasteiger charge is 2.41. The van der Waals surface area contributed by atoms with E-state index in [0.29, 0.717) is 13.1 Å². The SMILES string of the molecule is Cc1ccccc1[C@@H]1CN(C(CO)CO)C[C@H]1C(=O)O. The number of carboxylic acid groups (broad SMARTS) is 1. The lowest BCUT2D eigenvalue weighted by Gasteiger charge is -2.24. The Morgan fingerprint density at radius 1 is 1.30 bits per heavy atom. The second-order valence-electron chi connectivity index (χ2n) is 5.38. The van der Waals surface area contributed by atoms with E-state index in [1.165, 1.54) is 0 Å². The molecule has 0 spiro atoms. The number of benzene rings is 1. The van der Waals surface area contributed by atoms with Gasteiger partial charge in [-0.3, -0.25) is 9.69 Å². The standard InChI is InChI=1S/C15H21NO4/c1-10-4-2-3-5-12(10)13-6-16(11(8-17)9-18)7-14(13)15(19)20/h2-5,11,13-14,17-18H,6-9H2,1H3,(H,19,20)/t13-,14+/m0/s1. The maximum Gasteiger partial charge on any atom is 0.308 e. The predicted molar refractivity (Wildman–Crippen MR) is 74.6 cm³/mol. The molecular weight excluding hydrogens is 258 g/mol. The van der Waals surface area contributed by atoms with Crippen LogP contribution in [0, 0.1) is 12.8 Å². The Hall–Kier alpha value is -1.43. The second kappa shape index (κ2) is 6.35. The third-order valence-corrected chi connectivity index (χ3v) is 4.19. The van der Waals surface area contributed by atoms with Gasteiger partial charge < -0.3 is 15.3 Å². The molecule has 0 unspecified atom stereocenters. The molecule has 1 aromatic rings. The quantitative estimate of drug-likeness (QED) is 0.729. The number of hydrogen-bond donors (Lipinski definition) is 3. The van der Waals surface area contributed by atoms with Crippen LogP contribution in [-0.2, 0) is 4.79 Å². The molecule has 2 atom stereocenters. The van der Waals surface area contributed by atoms with Gasteiger partial charge in [0.2, 0.25) is 0 Å². The van der Waals surface area contributed by atoms with Gasteiger partial charge >= 0.3 is 5.97 Å². The monoisotopic (exact) mass is 279 g/mol. The first-order valence-electron chi connectivity index (χ1n) is 6.82. The van der Waals surface area contributed by atoms with E-state index in [0.717, 1.165) is 11.1 Å². The lowest BCUT2D eigenvalue weighted by atomic mass is 9.86. The van der Waals surface area contributed by atoms with Crippen molar-refractivity contribution < 1.29 is 20.1 Å². The molecule has 0 aromatic heterocycles. The highest BCUT2D eigenvalue weighted by atomic mass is 16.4. The van der Waals surface area contributed by atoms with Gasteiger partial charge in [-0.15, -0.1) is 0 Å². The molecule has 5 heteroatoms. The second-order valence-corrected chi connectivity index (χ2v) is 5.38. The zero-order chi connectivity index (χ0) is 14.7. The molecule has 0 aliphatic carbocycles. The molecule has 5 nitrogen and oxygen atoms in total. The van der Waals surface area contributed by atoms with Crippen LogP contribution in [0.2, 0.25) is 0 Å². The predicted octanol–water partition coefficient (Wildman–Crippen LogP) is 0.448. The van der Waals surface area contributed by atoms with Gasteiger partial charge in [0.15, 0.2) is 0 Å². The fourth-order valence-corrected chi connectivity index (χ4v) is 2.99. The third-order valence-electron chi connectivity index (χ3n) is 4.19. The number of carbonyl (C=O) groups is 1. The highest BCUT2D eigenvalue weighted by Crippen LogP contribution is 2.35. The van der Waals surface area contributed by atoms with Crippen molar-refractivity contribution in [3.05, 3.63) is 35.4 Å². The Labute approximate surface area is 118 Å². The maximum absolute atomic E-state index is 11.5. The van der Waals surface area contributed by atoms with Gasteiger partial charge in [0.25, 0.3) is 0 Å². The van der Waals surface area contributed by atoms with E-state index in [9.17, 15) is 20.1 Å². The van der Waals surface area contributed by atoms with Crippen LogP contribution in [0.3, 0.4) is 0 Å². The van der Waals surface area contributed by atoms with Crippen molar-refractivity contribution in [2.24, 2.45) is 5.92 Å². The molecule has 3 N–H and O–H groups in total. The van der Waals surface area contributed by atoms with Crippen LogP contribution in [0.5, 0.6) is 0 Å². The molecule has 0 radical (unpaired) electrons. The van der Waals surface area contributed by atoms with E-state index in [-0.39, 0.29) is 25.2 Å². The molecule has 0 bridgehead atoms. The summed E-state index contributed by atoms with van der Waals surface area (Å²) in [6, 6.07) is 7.41. The van der Waals surface area contributed by atoms with Crippen molar-refractivity contribution in [3.8, 4) is 0 Å². The summed E-state index contributed by atoms with van der Waals surface area (Å²) in [5, 5.41) is 28.0. The summed E-state index contributed by atoms with van der Waals surface area (Å²) in [6.07, 6.45) is 0. The third kappa shape index (κ3) is 2.85. The molecule has 0 amide bonds. The summed E-state index contributed by atoms with van der Waals surface area (Å²) in [4.78, 5) is 13.4. The number of aliphatic carboxylic acids is 1. The number of hydrogen-bond acceptors (Lipinski definition) is 4. The summed E-state index contributed by atoms with van der Waals surface area (Å²) in [7, 11) is 0. The van der Waals surface area contributed by atoms with Gasteiger partial charge in [0.1, 0.15) is 0 Å². The van der Waals surface area contributed by atoms with Crippen LogP contribution in [0.1, 0.15) is 17.0 Å². The minimum atomic E-state index is -0.824. The van der Waals surface area contributed by atoms with Crippen molar-refractivity contribution in [2.75, 3.05) is 26.3 Å². The van der Waals surface area contributed by atoms with E-state index in [2.05, 4.69) is 0 Å². The number of likely N-dealkylation sites (tertiary alicyclic amines) is 1. The minimum Gasteiger partial charge on any atom is -0.481 e. The molecular formula is C15H21NO4. The molecule has 0 saturated carbocycles. The minimum absolute atomic E-state index is 0.103. The number of aryl methyl sites for hydroxylation is 1. The Morgan fingerprint density at radius 3 is 2.50 bits per heavy atom. The van der Waals surface area contributed by atoms with Crippen LogP contribution in [0.25, 0.3) is 0 Å². The zero-order valence-corrected chi connectivity index (χ0v) is 11.6. The van der Waals surface area contributed by atoms with Gasteiger partial charge in [0.05, 0.1) is 25.2 Å². The molecule has 1 aliphatic heterocycles. The van der Waals surface area contributed by atoms with Gasteiger partial charge in [0, 0.05) is 19.0 Å². The molecule has 110 valence electrons. The lowest BCUT2D eigenvalue weighted by molar-refractivity contribution is -0.141. The lowest BCUT2D eigenvalue weighted by Crippen LogP contribution is -2.39. The normalized spacial score (nSPS) is 23.4. The number of rotatable bonds is 5. The van der Waals surface area contributed by atoms with Crippen molar-refractivity contribution >= 4 is 5.97 Å². The number of aliphatic hydroxyl groups excluding tert-OH is 2. The number of carboxylic acids is 1. The first kappa shape index (κ1) is 15.0. The summed E-state index contributed by atoms with van der Waals surface area (Å²) < 4.78 is 0. The Balaban J connectivity index is 2.27. The molecule has 2 rings (SSSR count). The zero-order valence-electron chi connectivity index (χ0n) is 11.6. The summed E-state index contributed by atoms with van der Waals surface area (Å²) in [5.41, 5.74) is 2.12. The van der Waals surface area contributed by atoms with Crippen molar-refractivity contribution in [3.63, 3.8) is 0 Å². The van der Waals surface area contributed by atoms with E-state index in [1.807, 2.05) is 36.1 Å². The van der Waals surface area contributed by atoms with Crippen LogP contribution in [0.4, 0.5) is 0 Å². The van der Waals surface area contributed by atoms with Crippen LogP contribution >= 0.6 is 0 Å². The molecule has 1 aliphatic rings. The fraction of sp³-hybridized carbons (Fsp3) is 0.533. The van der Waals surface area contributed by atoms with Crippen molar-refractivity contribution in [1.29, 1.82) is 0 Å². The van der Waals surface area contributed by atoms with Gasteiger partial charge in [-0.2, -0.15) is 0 Å². The van der Waals surface area contributed by atoms with Gasteiger partial charge in [-0.1, -0.05) is 24.3 Å². The smallest absolute Gasteiger partial charge is 0.308 e. The van der Waals surface area contributed by atoms with Crippen molar-refractivity contribution in [2.45, 2.75) is 18.9 Å². The summed E-state index contributed by atoms with van der Waals surface area (Å²) in [5.74, 6) is -1.43. The molecule has 1 saturated heterocycles. The highest BCUT2D eigenvalue weighted by molar-refractivity contribution is 5.72. The Morgan fingerprint density at radius 2 is 1.95 bits per heavy atom. The van der Waals surface area contributed by atoms with Crippen LogP contribution in [-0.4, -0.2) is 58.5 Å². The maximum atomic E-state index is 11.5. The van der Waals surface area contributed by atoms with Crippen LogP contribution in [0.15, 0.2) is 24.3 Å². The topological polar surface area (TPSA) is 81.0 Å². The molecule has 20 heavy (non-hydrogen) atoms. The number of aliphatic hydroxyl groups is 2. The molecule has 1 fully saturated rings. The summed E-state index contributed by atoms with van der Waals surface area (Å²) in [6.45, 7) is 2.56. The van der Waals surface area contributed by atoms with E-state index in [1.54, 1.807) is 0 Å². The Kier molecular flexibility index (Phi) is 4.75. The average molecular weight is 279 g/mol. The fourth-order valence-electron chi connectivity index (χ4n) is 2.99. The van der Waals surface area contributed by atoms with Gasteiger partial charge in [-0.25, -0.2) is 0 Å². The number of nitrogens with zero attached hydrogens (tertiary/aromatic N) is 1. The first-order valence-corrected chi connectivity index (χ1v) is 6.82. The first-order chi connectivity index (χ1) is 9.58. The molecule has 1 aromatic carbocycles. The Bertz CT molecular complexity index is 473. The largest absolute Gasteiger partial charge is 0.481 e. The van der Waals surface area contributed by atoms with Crippen LogP contribution < -0.4 is 0 Å². The molecule has 1 heterocycles. The van der Waals surface area contributed by atoms with E-state index < -0.39 is 11.9 Å². The van der Waals surface area contributed by atoms with E-state index in [4.69, 9.17) is 0 Å². The summed E-state index contributed by atoms with van der Waals surface area (Å²) >= 11 is 0. The van der Waals surface area contributed by atoms with Crippen molar-refractivity contribution in [1.82, 2.24) is 4.90 Å². The van der Waals surface area contributed by atoms with E-state index >= 15 is 0 Å².